The fourth-order valence-corrected chi connectivity index (χ4v) is 4.45. The van der Waals surface area contributed by atoms with Gasteiger partial charge in [-0.2, -0.15) is 0 Å². The first-order valence-corrected chi connectivity index (χ1v) is 11.2. The van der Waals surface area contributed by atoms with E-state index in [1.54, 1.807) is 24.3 Å². The molecule has 3 heteroatoms. The van der Waals surface area contributed by atoms with E-state index in [1.165, 1.54) is 0 Å². The van der Waals surface area contributed by atoms with Crippen LogP contribution in [0.3, 0.4) is 0 Å². The highest BCUT2D eigenvalue weighted by Crippen LogP contribution is 2.46. The van der Waals surface area contributed by atoms with Crippen molar-refractivity contribution in [1.82, 2.24) is 0 Å². The smallest absolute Gasteiger partial charge is 0.131 e. The summed E-state index contributed by atoms with van der Waals surface area (Å²) < 4.78 is 6.44. The summed E-state index contributed by atoms with van der Waals surface area (Å²) in [5.41, 5.74) is 3.62. The Morgan fingerprint density at radius 3 is 1.61 bits per heavy atom. The fraction of sp³-hybridized carbons (Fsp3) is 0.200. The van der Waals surface area contributed by atoms with E-state index in [2.05, 4.69) is 33.8 Å². The standard InChI is InChI=1S/C30H30O3/c1-29(2,21-13-17-23(31)18-14-21)26-11-8-12-27(33-25-9-6-5-7-10-25)28(26)30(3,4)22-15-19-24(32)20-16-22/h5-20,31-32H,1-4H3. The largest absolute Gasteiger partial charge is 0.508 e. The van der Waals surface area contributed by atoms with Gasteiger partial charge in [-0.25, -0.2) is 0 Å². The Bertz CT molecular complexity index is 1220. The van der Waals surface area contributed by atoms with Gasteiger partial charge in [0, 0.05) is 16.4 Å². The molecule has 0 aliphatic carbocycles. The van der Waals surface area contributed by atoms with E-state index in [1.807, 2.05) is 66.7 Å². The maximum atomic E-state index is 9.85. The molecule has 2 N–H and O–H groups in total. The average Bonchev–Trinajstić information content (AvgIpc) is 2.80. The third-order valence-electron chi connectivity index (χ3n) is 6.47. The van der Waals surface area contributed by atoms with Crippen LogP contribution in [0.5, 0.6) is 23.0 Å². The SMILES string of the molecule is CC(C)(c1ccc(O)cc1)c1cccc(Oc2ccccc2)c1C(C)(C)c1ccc(O)cc1. The van der Waals surface area contributed by atoms with Gasteiger partial charge in [0.05, 0.1) is 0 Å². The van der Waals surface area contributed by atoms with Gasteiger partial charge in [0.25, 0.3) is 0 Å². The summed E-state index contributed by atoms with van der Waals surface area (Å²) in [7, 11) is 0. The highest BCUT2D eigenvalue weighted by molar-refractivity contribution is 5.56. The molecule has 4 rings (SSSR count). The van der Waals surface area contributed by atoms with Crippen molar-refractivity contribution in [3.05, 3.63) is 119 Å². The Labute approximate surface area is 195 Å². The molecule has 0 radical (unpaired) electrons. The molecular formula is C30H30O3. The second-order valence-corrected chi connectivity index (χ2v) is 9.44. The molecule has 4 aromatic carbocycles. The quantitative estimate of drug-likeness (QED) is 0.327. The highest BCUT2D eigenvalue weighted by atomic mass is 16.5. The predicted octanol–water partition coefficient (Wildman–Crippen LogP) is 7.54. The first-order chi connectivity index (χ1) is 15.7. The predicted molar refractivity (Wildman–Crippen MR) is 133 cm³/mol. The molecule has 0 atom stereocenters. The molecule has 0 aliphatic rings. The van der Waals surface area contributed by atoms with E-state index in [0.29, 0.717) is 0 Å². The molecular weight excluding hydrogens is 408 g/mol. The lowest BCUT2D eigenvalue weighted by atomic mass is 9.68. The molecule has 0 spiro atoms. The number of benzene rings is 4. The lowest BCUT2D eigenvalue weighted by Gasteiger charge is -2.36. The fourth-order valence-electron chi connectivity index (χ4n) is 4.45. The Balaban J connectivity index is 1.94. The van der Waals surface area contributed by atoms with Crippen molar-refractivity contribution in [3.8, 4) is 23.0 Å². The zero-order valence-corrected chi connectivity index (χ0v) is 19.5. The van der Waals surface area contributed by atoms with Crippen LogP contribution in [-0.4, -0.2) is 10.2 Å². The number of phenolic OH excluding ortho intramolecular Hbond substituents is 2. The van der Waals surface area contributed by atoms with Gasteiger partial charge < -0.3 is 14.9 Å². The van der Waals surface area contributed by atoms with E-state index in [-0.39, 0.29) is 16.9 Å². The molecule has 0 saturated heterocycles. The van der Waals surface area contributed by atoms with Gasteiger partial charge in [-0.3, -0.25) is 0 Å². The van der Waals surface area contributed by atoms with Crippen molar-refractivity contribution in [2.75, 3.05) is 0 Å². The van der Waals surface area contributed by atoms with E-state index in [0.717, 1.165) is 33.8 Å². The molecule has 0 aromatic heterocycles. The van der Waals surface area contributed by atoms with Gasteiger partial charge in [-0.15, -0.1) is 0 Å². The molecule has 0 unspecified atom stereocenters. The third kappa shape index (κ3) is 4.45. The van der Waals surface area contributed by atoms with E-state index < -0.39 is 5.41 Å². The van der Waals surface area contributed by atoms with Crippen LogP contribution in [0.15, 0.2) is 97.1 Å². The Morgan fingerprint density at radius 1 is 0.545 bits per heavy atom. The number of phenols is 2. The summed E-state index contributed by atoms with van der Waals surface area (Å²) in [6.45, 7) is 8.75. The lowest BCUT2D eigenvalue weighted by Crippen LogP contribution is -2.28. The zero-order valence-electron chi connectivity index (χ0n) is 19.5. The first kappa shape index (κ1) is 22.5. The minimum Gasteiger partial charge on any atom is -0.508 e. The summed E-state index contributed by atoms with van der Waals surface area (Å²) in [5, 5.41) is 19.7. The van der Waals surface area contributed by atoms with Gasteiger partial charge in [0.15, 0.2) is 0 Å². The summed E-state index contributed by atoms with van der Waals surface area (Å²) in [5.74, 6) is 2.07. The summed E-state index contributed by atoms with van der Waals surface area (Å²) in [4.78, 5) is 0. The summed E-state index contributed by atoms with van der Waals surface area (Å²) in [6.07, 6.45) is 0. The maximum Gasteiger partial charge on any atom is 0.131 e. The molecule has 0 aliphatic heterocycles. The lowest BCUT2D eigenvalue weighted by molar-refractivity contribution is 0.453. The summed E-state index contributed by atoms with van der Waals surface area (Å²) >= 11 is 0. The molecule has 168 valence electrons. The maximum absolute atomic E-state index is 9.85. The highest BCUT2D eigenvalue weighted by Gasteiger charge is 2.36. The summed E-state index contributed by atoms with van der Waals surface area (Å²) in [6, 6.07) is 30.8. The minimum absolute atomic E-state index is 0.244. The van der Waals surface area contributed by atoms with Crippen LogP contribution in [0.4, 0.5) is 0 Å². The molecule has 0 fully saturated rings. The molecule has 3 nitrogen and oxygen atoms in total. The van der Waals surface area contributed by atoms with Crippen molar-refractivity contribution in [3.63, 3.8) is 0 Å². The Kier molecular flexibility index (Phi) is 5.90. The van der Waals surface area contributed by atoms with Crippen molar-refractivity contribution >= 4 is 0 Å². The van der Waals surface area contributed by atoms with Crippen LogP contribution in [0.2, 0.25) is 0 Å². The van der Waals surface area contributed by atoms with Gasteiger partial charge in [0.1, 0.15) is 23.0 Å². The normalized spacial score (nSPS) is 11.9. The van der Waals surface area contributed by atoms with Crippen molar-refractivity contribution in [2.24, 2.45) is 0 Å². The molecule has 4 aromatic rings. The van der Waals surface area contributed by atoms with Gasteiger partial charge in [-0.1, -0.05) is 82.3 Å². The van der Waals surface area contributed by atoms with Crippen LogP contribution in [0, 0.1) is 0 Å². The number of rotatable bonds is 6. The molecule has 0 heterocycles. The Morgan fingerprint density at radius 2 is 1.06 bits per heavy atom. The molecule has 0 amide bonds. The van der Waals surface area contributed by atoms with Crippen LogP contribution in [-0.2, 0) is 10.8 Å². The third-order valence-corrected chi connectivity index (χ3v) is 6.47. The second kappa shape index (κ2) is 8.67. The number of hydrogen-bond donors (Lipinski definition) is 2. The number of ether oxygens (including phenoxy) is 1. The molecule has 0 bridgehead atoms. The van der Waals surface area contributed by atoms with E-state index >= 15 is 0 Å². The topological polar surface area (TPSA) is 49.7 Å². The van der Waals surface area contributed by atoms with Gasteiger partial charge in [-0.05, 0) is 59.2 Å². The zero-order chi connectivity index (χ0) is 23.6. The van der Waals surface area contributed by atoms with Crippen LogP contribution < -0.4 is 4.74 Å². The van der Waals surface area contributed by atoms with Crippen molar-refractivity contribution in [2.45, 2.75) is 38.5 Å². The number of para-hydroxylation sites is 1. The minimum atomic E-state index is -0.414. The van der Waals surface area contributed by atoms with Crippen LogP contribution >= 0.6 is 0 Å². The van der Waals surface area contributed by atoms with E-state index in [4.69, 9.17) is 4.74 Å². The van der Waals surface area contributed by atoms with Crippen LogP contribution in [0.25, 0.3) is 0 Å². The first-order valence-electron chi connectivity index (χ1n) is 11.2. The average molecular weight is 439 g/mol. The molecule has 0 saturated carbocycles. The number of aromatic hydroxyl groups is 2. The van der Waals surface area contributed by atoms with E-state index in [9.17, 15) is 10.2 Å². The van der Waals surface area contributed by atoms with Gasteiger partial charge >= 0.3 is 0 Å². The second-order valence-electron chi connectivity index (χ2n) is 9.44. The monoisotopic (exact) mass is 438 g/mol. The Hall–Kier alpha value is -3.72. The van der Waals surface area contributed by atoms with Crippen molar-refractivity contribution in [1.29, 1.82) is 0 Å². The van der Waals surface area contributed by atoms with Gasteiger partial charge in [0.2, 0.25) is 0 Å². The molecule has 33 heavy (non-hydrogen) atoms. The number of hydrogen-bond acceptors (Lipinski definition) is 3. The van der Waals surface area contributed by atoms with Crippen LogP contribution in [0.1, 0.15) is 49.9 Å². The van der Waals surface area contributed by atoms with Crippen molar-refractivity contribution < 1.29 is 14.9 Å².